The molecule has 2 unspecified atom stereocenters. The van der Waals surface area contributed by atoms with Gasteiger partial charge in [0.15, 0.2) is 0 Å². The zero-order valence-electron chi connectivity index (χ0n) is 9.91. The summed E-state index contributed by atoms with van der Waals surface area (Å²) in [6, 6.07) is 0.317. The fourth-order valence-corrected chi connectivity index (χ4v) is 3.82. The van der Waals surface area contributed by atoms with Gasteiger partial charge in [0.2, 0.25) is 0 Å². The number of carbonyl (C=O) groups is 1. The summed E-state index contributed by atoms with van der Waals surface area (Å²) in [4.78, 5) is 17.0. The predicted octanol–water partition coefficient (Wildman–Crippen LogP) is 3.14. The van der Waals surface area contributed by atoms with E-state index in [-0.39, 0.29) is 5.91 Å². The molecular formula is C12H17BrN2OS. The van der Waals surface area contributed by atoms with Crippen LogP contribution in [0.1, 0.15) is 41.0 Å². The van der Waals surface area contributed by atoms with Crippen molar-refractivity contribution in [2.45, 2.75) is 38.6 Å². The van der Waals surface area contributed by atoms with Gasteiger partial charge in [0, 0.05) is 11.4 Å². The minimum absolute atomic E-state index is 0.0443. The molecule has 1 saturated carbocycles. The van der Waals surface area contributed by atoms with Crippen LogP contribution in [-0.2, 0) is 0 Å². The van der Waals surface area contributed by atoms with Crippen LogP contribution in [0.2, 0.25) is 0 Å². The number of amides is 1. The molecule has 1 fully saturated rings. The maximum atomic E-state index is 12.1. The van der Waals surface area contributed by atoms with Crippen molar-refractivity contribution >= 4 is 33.2 Å². The largest absolute Gasteiger partial charge is 0.348 e. The second-order valence-corrected chi connectivity index (χ2v) is 6.05. The molecule has 3 nitrogen and oxygen atoms in total. The van der Waals surface area contributed by atoms with E-state index >= 15 is 0 Å². The molecular weight excluding hydrogens is 300 g/mol. The van der Waals surface area contributed by atoms with E-state index < -0.39 is 0 Å². The van der Waals surface area contributed by atoms with Crippen molar-refractivity contribution in [2.75, 3.05) is 5.33 Å². The first-order valence-corrected chi connectivity index (χ1v) is 7.99. The van der Waals surface area contributed by atoms with Crippen LogP contribution < -0.4 is 5.32 Å². The zero-order chi connectivity index (χ0) is 12.3. The molecule has 0 aromatic carbocycles. The molecule has 1 N–H and O–H groups in total. The number of hydrogen-bond donors (Lipinski definition) is 1. The topological polar surface area (TPSA) is 42.0 Å². The number of rotatable bonds is 3. The molecule has 0 aliphatic heterocycles. The van der Waals surface area contributed by atoms with Gasteiger partial charge in [-0.15, -0.1) is 11.3 Å². The fraction of sp³-hybridized carbons (Fsp3) is 0.667. The van der Waals surface area contributed by atoms with E-state index in [1.807, 2.05) is 6.92 Å². The van der Waals surface area contributed by atoms with Gasteiger partial charge in [-0.05, 0) is 25.7 Å². The first kappa shape index (κ1) is 13.0. The number of thiazole rings is 1. The average molecular weight is 317 g/mol. The second kappa shape index (κ2) is 5.96. The summed E-state index contributed by atoms with van der Waals surface area (Å²) in [5.41, 5.74) is 2.56. The summed E-state index contributed by atoms with van der Waals surface area (Å²) in [5.74, 6) is 0.615. The molecule has 2 atom stereocenters. The Morgan fingerprint density at radius 1 is 1.59 bits per heavy atom. The molecule has 1 amide bonds. The van der Waals surface area contributed by atoms with Crippen LogP contribution >= 0.6 is 27.3 Å². The Hall–Kier alpha value is -0.420. The maximum Gasteiger partial charge on any atom is 0.263 e. The van der Waals surface area contributed by atoms with Gasteiger partial charge < -0.3 is 5.32 Å². The number of carbonyl (C=O) groups excluding carboxylic acids is 1. The quantitative estimate of drug-likeness (QED) is 0.870. The maximum absolute atomic E-state index is 12.1. The summed E-state index contributed by atoms with van der Waals surface area (Å²) >= 11 is 4.96. The van der Waals surface area contributed by atoms with Gasteiger partial charge in [0.1, 0.15) is 4.88 Å². The fourth-order valence-electron chi connectivity index (χ4n) is 2.34. The second-order valence-electron chi connectivity index (χ2n) is 4.55. The number of halogens is 1. The molecule has 17 heavy (non-hydrogen) atoms. The van der Waals surface area contributed by atoms with Gasteiger partial charge in [-0.1, -0.05) is 28.8 Å². The highest BCUT2D eigenvalue weighted by Crippen LogP contribution is 2.26. The molecule has 1 aliphatic rings. The number of alkyl halides is 1. The molecule has 0 bridgehead atoms. The third kappa shape index (κ3) is 3.07. The summed E-state index contributed by atoms with van der Waals surface area (Å²) in [6.45, 7) is 1.88. The molecule has 1 aliphatic carbocycles. The van der Waals surface area contributed by atoms with E-state index in [4.69, 9.17) is 0 Å². The van der Waals surface area contributed by atoms with Crippen LogP contribution in [0.5, 0.6) is 0 Å². The van der Waals surface area contributed by atoms with Gasteiger partial charge in [-0.2, -0.15) is 0 Å². The lowest BCUT2D eigenvalue weighted by Crippen LogP contribution is -2.42. The van der Waals surface area contributed by atoms with Crippen LogP contribution in [-0.4, -0.2) is 22.3 Å². The third-order valence-electron chi connectivity index (χ3n) is 3.38. The Labute approximate surface area is 114 Å². The molecule has 2 rings (SSSR count). The van der Waals surface area contributed by atoms with Crippen LogP contribution in [0.25, 0.3) is 0 Å². The van der Waals surface area contributed by atoms with Crippen molar-refractivity contribution < 1.29 is 4.79 Å². The Morgan fingerprint density at radius 3 is 3.00 bits per heavy atom. The summed E-state index contributed by atoms with van der Waals surface area (Å²) < 4.78 is 0. The standard InChI is InChI=1S/C12H17BrN2OS/c1-8-11(17-7-14-8)12(16)15-10-5-3-2-4-9(10)6-13/h7,9-10H,2-6H2,1H3,(H,15,16). The number of hydrogen-bond acceptors (Lipinski definition) is 3. The first-order valence-electron chi connectivity index (χ1n) is 5.99. The Kier molecular flexibility index (Phi) is 4.56. The zero-order valence-corrected chi connectivity index (χ0v) is 12.3. The molecule has 1 aromatic rings. The van der Waals surface area contributed by atoms with Crippen LogP contribution in [0, 0.1) is 12.8 Å². The Bertz CT molecular complexity index is 394. The molecule has 0 saturated heterocycles. The lowest BCUT2D eigenvalue weighted by Gasteiger charge is -2.30. The lowest BCUT2D eigenvalue weighted by atomic mass is 9.86. The van der Waals surface area contributed by atoms with Crippen molar-refractivity contribution in [2.24, 2.45) is 5.92 Å². The molecule has 1 heterocycles. The van der Waals surface area contributed by atoms with Crippen molar-refractivity contribution in [3.8, 4) is 0 Å². The average Bonchev–Trinajstić information content (AvgIpc) is 2.76. The summed E-state index contributed by atoms with van der Waals surface area (Å²) in [7, 11) is 0. The van der Waals surface area contributed by atoms with Crippen molar-refractivity contribution in [1.29, 1.82) is 0 Å². The summed E-state index contributed by atoms with van der Waals surface area (Å²) in [6.07, 6.45) is 4.80. The van der Waals surface area contributed by atoms with Crippen molar-refractivity contribution in [1.82, 2.24) is 10.3 Å². The van der Waals surface area contributed by atoms with Gasteiger partial charge in [-0.25, -0.2) is 4.98 Å². The minimum Gasteiger partial charge on any atom is -0.348 e. The van der Waals surface area contributed by atoms with E-state index in [9.17, 15) is 4.79 Å². The van der Waals surface area contributed by atoms with Crippen LogP contribution in [0.3, 0.4) is 0 Å². The van der Waals surface area contributed by atoms with Gasteiger partial charge in [0.05, 0.1) is 11.2 Å². The number of nitrogens with zero attached hydrogens (tertiary/aromatic N) is 1. The van der Waals surface area contributed by atoms with E-state index in [2.05, 4.69) is 26.2 Å². The van der Waals surface area contributed by atoms with E-state index in [0.29, 0.717) is 12.0 Å². The van der Waals surface area contributed by atoms with E-state index in [1.165, 1.54) is 30.6 Å². The number of aromatic nitrogens is 1. The van der Waals surface area contributed by atoms with Crippen LogP contribution in [0.4, 0.5) is 0 Å². The molecule has 0 radical (unpaired) electrons. The predicted molar refractivity (Wildman–Crippen MR) is 73.9 cm³/mol. The smallest absolute Gasteiger partial charge is 0.263 e. The molecule has 1 aromatic heterocycles. The molecule has 94 valence electrons. The third-order valence-corrected chi connectivity index (χ3v) is 5.13. The SMILES string of the molecule is Cc1ncsc1C(=O)NC1CCCCC1CBr. The number of nitrogens with one attached hydrogen (secondary N) is 1. The highest BCUT2D eigenvalue weighted by atomic mass is 79.9. The van der Waals surface area contributed by atoms with Crippen LogP contribution in [0.15, 0.2) is 5.51 Å². The van der Waals surface area contributed by atoms with Gasteiger partial charge >= 0.3 is 0 Å². The minimum atomic E-state index is 0.0443. The Balaban J connectivity index is 2.00. The first-order chi connectivity index (χ1) is 8.22. The summed E-state index contributed by atoms with van der Waals surface area (Å²) in [5, 5.41) is 4.14. The molecule has 0 spiro atoms. The highest BCUT2D eigenvalue weighted by Gasteiger charge is 2.26. The lowest BCUT2D eigenvalue weighted by molar-refractivity contribution is 0.0915. The van der Waals surface area contributed by atoms with Crippen molar-refractivity contribution in [3.63, 3.8) is 0 Å². The monoisotopic (exact) mass is 316 g/mol. The van der Waals surface area contributed by atoms with Gasteiger partial charge in [0.25, 0.3) is 5.91 Å². The van der Waals surface area contributed by atoms with Crippen molar-refractivity contribution in [3.05, 3.63) is 16.1 Å². The molecule has 5 heteroatoms. The van der Waals surface area contributed by atoms with E-state index in [1.54, 1.807) is 5.51 Å². The van der Waals surface area contributed by atoms with Gasteiger partial charge in [-0.3, -0.25) is 4.79 Å². The van der Waals surface area contributed by atoms with E-state index in [0.717, 1.165) is 22.3 Å². The number of aryl methyl sites for hydroxylation is 1. The Morgan fingerprint density at radius 2 is 2.35 bits per heavy atom. The highest BCUT2D eigenvalue weighted by molar-refractivity contribution is 9.09. The normalized spacial score (nSPS) is 24.6.